The summed E-state index contributed by atoms with van der Waals surface area (Å²) in [5.74, 6) is 0.877. The average molecular weight is 370 g/mol. The van der Waals surface area contributed by atoms with E-state index < -0.39 is 0 Å². The SMILES string of the molecule is COc1ccc(C(Br)c2cc(C)ccc2Br)cc1. The Labute approximate surface area is 124 Å². The first-order valence-corrected chi connectivity index (χ1v) is 7.36. The van der Waals surface area contributed by atoms with Crippen LogP contribution in [0.1, 0.15) is 21.5 Å². The molecule has 0 fully saturated rings. The highest BCUT2D eigenvalue weighted by Crippen LogP contribution is 2.36. The monoisotopic (exact) mass is 368 g/mol. The molecule has 0 saturated carbocycles. The lowest BCUT2D eigenvalue weighted by Gasteiger charge is -2.14. The topological polar surface area (TPSA) is 9.23 Å². The summed E-state index contributed by atoms with van der Waals surface area (Å²) in [6.07, 6.45) is 0. The molecule has 0 aliphatic heterocycles. The number of methoxy groups -OCH3 is 1. The first-order chi connectivity index (χ1) is 8.61. The molecule has 0 bridgehead atoms. The zero-order chi connectivity index (χ0) is 13.1. The number of ether oxygens (including phenoxy) is 1. The normalized spacial score (nSPS) is 12.2. The highest BCUT2D eigenvalue weighted by atomic mass is 79.9. The largest absolute Gasteiger partial charge is 0.497 e. The van der Waals surface area contributed by atoms with Crippen molar-refractivity contribution >= 4 is 31.9 Å². The molecule has 0 saturated heterocycles. The van der Waals surface area contributed by atoms with Gasteiger partial charge in [0, 0.05) is 4.47 Å². The summed E-state index contributed by atoms with van der Waals surface area (Å²) in [5, 5.41) is 0. The molecule has 3 heteroatoms. The molecular weight excluding hydrogens is 356 g/mol. The number of alkyl halides is 1. The molecule has 1 atom stereocenters. The van der Waals surface area contributed by atoms with E-state index in [0.717, 1.165) is 10.2 Å². The summed E-state index contributed by atoms with van der Waals surface area (Å²) in [6, 6.07) is 14.5. The van der Waals surface area contributed by atoms with Crippen LogP contribution < -0.4 is 4.74 Å². The second kappa shape index (κ2) is 5.89. The van der Waals surface area contributed by atoms with Crippen molar-refractivity contribution in [2.75, 3.05) is 7.11 Å². The minimum atomic E-state index is 0.178. The van der Waals surface area contributed by atoms with Gasteiger partial charge in [-0.05, 0) is 36.2 Å². The molecule has 0 aromatic heterocycles. The van der Waals surface area contributed by atoms with Crippen LogP contribution in [0.3, 0.4) is 0 Å². The van der Waals surface area contributed by atoms with E-state index in [2.05, 4.69) is 69.1 Å². The lowest BCUT2D eigenvalue weighted by molar-refractivity contribution is 0.414. The summed E-state index contributed by atoms with van der Waals surface area (Å²) < 4.78 is 6.29. The van der Waals surface area contributed by atoms with E-state index in [1.54, 1.807) is 7.11 Å². The van der Waals surface area contributed by atoms with Gasteiger partial charge in [-0.2, -0.15) is 0 Å². The third-order valence-electron chi connectivity index (χ3n) is 2.83. The molecule has 1 nitrogen and oxygen atoms in total. The number of hydrogen-bond acceptors (Lipinski definition) is 1. The van der Waals surface area contributed by atoms with Gasteiger partial charge in [-0.1, -0.05) is 61.7 Å². The van der Waals surface area contributed by atoms with Crippen LogP contribution in [0.15, 0.2) is 46.9 Å². The summed E-state index contributed by atoms with van der Waals surface area (Å²) in [5.41, 5.74) is 3.70. The van der Waals surface area contributed by atoms with E-state index >= 15 is 0 Å². The second-order valence-electron chi connectivity index (χ2n) is 4.16. The Morgan fingerprint density at radius 3 is 2.33 bits per heavy atom. The molecule has 0 spiro atoms. The maximum atomic E-state index is 5.17. The van der Waals surface area contributed by atoms with Gasteiger partial charge in [0.2, 0.25) is 0 Å². The number of benzene rings is 2. The Morgan fingerprint density at radius 1 is 1.06 bits per heavy atom. The zero-order valence-corrected chi connectivity index (χ0v) is 13.5. The maximum absolute atomic E-state index is 5.17. The molecule has 0 N–H and O–H groups in total. The highest BCUT2D eigenvalue weighted by Gasteiger charge is 2.13. The lowest BCUT2D eigenvalue weighted by atomic mass is 10.0. The summed E-state index contributed by atoms with van der Waals surface area (Å²) in [4.78, 5) is 0.178. The van der Waals surface area contributed by atoms with Crippen LogP contribution in [0.25, 0.3) is 0 Å². The van der Waals surface area contributed by atoms with Crippen molar-refractivity contribution in [2.24, 2.45) is 0 Å². The number of hydrogen-bond donors (Lipinski definition) is 0. The smallest absolute Gasteiger partial charge is 0.118 e. The van der Waals surface area contributed by atoms with Gasteiger partial charge >= 0.3 is 0 Å². The van der Waals surface area contributed by atoms with Gasteiger partial charge in [0.05, 0.1) is 11.9 Å². The van der Waals surface area contributed by atoms with E-state index in [9.17, 15) is 0 Å². The second-order valence-corrected chi connectivity index (χ2v) is 5.93. The van der Waals surface area contributed by atoms with Crippen molar-refractivity contribution in [2.45, 2.75) is 11.8 Å². The van der Waals surface area contributed by atoms with Gasteiger partial charge in [-0.25, -0.2) is 0 Å². The summed E-state index contributed by atoms with van der Waals surface area (Å²) in [7, 11) is 1.68. The molecular formula is C15H14Br2O. The van der Waals surface area contributed by atoms with Crippen molar-refractivity contribution in [1.82, 2.24) is 0 Å². The van der Waals surface area contributed by atoms with Crippen LogP contribution in [0.4, 0.5) is 0 Å². The fraction of sp³-hybridized carbons (Fsp3) is 0.200. The van der Waals surface area contributed by atoms with E-state index in [-0.39, 0.29) is 4.83 Å². The molecule has 0 amide bonds. The first kappa shape index (κ1) is 13.6. The Kier molecular flexibility index (Phi) is 4.46. The Balaban J connectivity index is 2.34. The molecule has 2 rings (SSSR count). The van der Waals surface area contributed by atoms with Crippen LogP contribution in [0.2, 0.25) is 0 Å². The molecule has 2 aromatic carbocycles. The fourth-order valence-corrected chi connectivity index (χ4v) is 3.28. The Bertz CT molecular complexity index is 535. The van der Waals surface area contributed by atoms with Gasteiger partial charge in [0.15, 0.2) is 0 Å². The van der Waals surface area contributed by atoms with E-state index in [1.807, 2.05) is 12.1 Å². The first-order valence-electron chi connectivity index (χ1n) is 5.66. The molecule has 0 aliphatic carbocycles. The van der Waals surface area contributed by atoms with Crippen LogP contribution >= 0.6 is 31.9 Å². The van der Waals surface area contributed by atoms with Crippen molar-refractivity contribution in [3.63, 3.8) is 0 Å². The van der Waals surface area contributed by atoms with Gasteiger partial charge in [0.25, 0.3) is 0 Å². The third-order valence-corrected chi connectivity index (χ3v) is 4.58. The molecule has 2 aromatic rings. The third kappa shape index (κ3) is 2.96. The molecule has 0 aliphatic rings. The summed E-state index contributed by atoms with van der Waals surface area (Å²) >= 11 is 7.36. The van der Waals surface area contributed by atoms with Gasteiger partial charge in [0.1, 0.15) is 5.75 Å². The van der Waals surface area contributed by atoms with Gasteiger partial charge in [-0.15, -0.1) is 0 Å². The van der Waals surface area contributed by atoms with Crippen LogP contribution in [-0.2, 0) is 0 Å². The molecule has 0 heterocycles. The van der Waals surface area contributed by atoms with Crippen LogP contribution in [-0.4, -0.2) is 7.11 Å². The predicted octanol–water partition coefficient (Wildman–Crippen LogP) is 5.25. The van der Waals surface area contributed by atoms with E-state index in [4.69, 9.17) is 4.74 Å². The Morgan fingerprint density at radius 2 is 1.72 bits per heavy atom. The predicted molar refractivity (Wildman–Crippen MR) is 82.6 cm³/mol. The number of halogens is 2. The van der Waals surface area contributed by atoms with Crippen molar-refractivity contribution < 1.29 is 4.74 Å². The minimum Gasteiger partial charge on any atom is -0.497 e. The molecule has 18 heavy (non-hydrogen) atoms. The average Bonchev–Trinajstić information content (AvgIpc) is 2.41. The van der Waals surface area contributed by atoms with Gasteiger partial charge in [-0.3, -0.25) is 0 Å². The number of rotatable bonds is 3. The van der Waals surface area contributed by atoms with E-state index in [1.165, 1.54) is 16.7 Å². The molecule has 0 radical (unpaired) electrons. The van der Waals surface area contributed by atoms with Crippen LogP contribution in [0, 0.1) is 6.92 Å². The fourth-order valence-electron chi connectivity index (χ4n) is 1.81. The minimum absolute atomic E-state index is 0.178. The van der Waals surface area contributed by atoms with Crippen molar-refractivity contribution in [3.05, 3.63) is 63.6 Å². The quantitative estimate of drug-likeness (QED) is 0.671. The Hall–Kier alpha value is -0.800. The lowest BCUT2D eigenvalue weighted by Crippen LogP contribution is -1.95. The zero-order valence-electron chi connectivity index (χ0n) is 10.3. The van der Waals surface area contributed by atoms with Gasteiger partial charge < -0.3 is 4.74 Å². The van der Waals surface area contributed by atoms with Crippen molar-refractivity contribution in [3.8, 4) is 5.75 Å². The van der Waals surface area contributed by atoms with E-state index in [0.29, 0.717) is 0 Å². The molecule has 1 unspecified atom stereocenters. The maximum Gasteiger partial charge on any atom is 0.118 e. The standard InChI is InChI=1S/C15H14Br2O/c1-10-3-8-14(16)13(9-10)15(17)11-4-6-12(18-2)7-5-11/h3-9,15H,1-2H3. The summed E-state index contributed by atoms with van der Waals surface area (Å²) in [6.45, 7) is 2.10. The highest BCUT2D eigenvalue weighted by molar-refractivity contribution is 9.11. The molecule has 94 valence electrons. The van der Waals surface area contributed by atoms with Crippen LogP contribution in [0.5, 0.6) is 5.75 Å². The number of aryl methyl sites for hydroxylation is 1. The van der Waals surface area contributed by atoms with Crippen molar-refractivity contribution in [1.29, 1.82) is 0 Å².